The molecule has 0 saturated carbocycles. The standard InChI is InChI=1S/C9H15N3S/c1-12-4-2-3-7(5-12)9-11-8(10)6-13-9/h6-7H,2-5,10H2,1H3. The number of hydrogen-bond acceptors (Lipinski definition) is 4. The summed E-state index contributed by atoms with van der Waals surface area (Å²) in [6.45, 7) is 2.35. The SMILES string of the molecule is CN1CCCC(c2nc(N)cs2)C1. The first-order chi connectivity index (χ1) is 6.25. The van der Waals surface area contributed by atoms with Gasteiger partial charge in [-0.2, -0.15) is 0 Å². The number of nitrogens with zero attached hydrogens (tertiary/aromatic N) is 2. The monoisotopic (exact) mass is 197 g/mol. The summed E-state index contributed by atoms with van der Waals surface area (Å²) in [6.07, 6.45) is 2.54. The van der Waals surface area contributed by atoms with Crippen LogP contribution in [0.2, 0.25) is 0 Å². The highest BCUT2D eigenvalue weighted by Gasteiger charge is 2.21. The molecule has 72 valence electrons. The molecule has 2 heterocycles. The molecule has 0 amide bonds. The van der Waals surface area contributed by atoms with Crippen molar-refractivity contribution in [3.63, 3.8) is 0 Å². The van der Waals surface area contributed by atoms with Gasteiger partial charge in [-0.05, 0) is 26.4 Å². The zero-order valence-electron chi connectivity index (χ0n) is 7.86. The average molecular weight is 197 g/mol. The second kappa shape index (κ2) is 3.64. The van der Waals surface area contributed by atoms with Crippen molar-refractivity contribution in [1.82, 2.24) is 9.88 Å². The molecule has 1 aliphatic rings. The molecular weight excluding hydrogens is 182 g/mol. The van der Waals surface area contributed by atoms with E-state index in [1.54, 1.807) is 11.3 Å². The number of nitrogens with two attached hydrogens (primary N) is 1. The number of thiazole rings is 1. The minimum absolute atomic E-state index is 0.612. The molecule has 13 heavy (non-hydrogen) atoms. The van der Waals surface area contributed by atoms with E-state index in [2.05, 4.69) is 16.9 Å². The summed E-state index contributed by atoms with van der Waals surface area (Å²) in [6, 6.07) is 0. The third kappa shape index (κ3) is 2.00. The Morgan fingerprint density at radius 1 is 1.69 bits per heavy atom. The first-order valence-electron chi connectivity index (χ1n) is 4.65. The van der Waals surface area contributed by atoms with Crippen LogP contribution in [0.3, 0.4) is 0 Å². The van der Waals surface area contributed by atoms with Crippen LogP contribution < -0.4 is 5.73 Å². The molecule has 0 aliphatic carbocycles. The molecule has 1 atom stereocenters. The van der Waals surface area contributed by atoms with Crippen LogP contribution in [0.15, 0.2) is 5.38 Å². The number of rotatable bonds is 1. The Hall–Kier alpha value is -0.610. The first-order valence-corrected chi connectivity index (χ1v) is 5.53. The van der Waals surface area contributed by atoms with Crippen molar-refractivity contribution < 1.29 is 0 Å². The second-order valence-electron chi connectivity index (χ2n) is 3.71. The van der Waals surface area contributed by atoms with Gasteiger partial charge in [0.25, 0.3) is 0 Å². The summed E-state index contributed by atoms with van der Waals surface area (Å²) < 4.78 is 0. The molecule has 0 radical (unpaired) electrons. The highest BCUT2D eigenvalue weighted by atomic mass is 32.1. The van der Waals surface area contributed by atoms with Gasteiger partial charge < -0.3 is 10.6 Å². The van der Waals surface area contributed by atoms with E-state index in [4.69, 9.17) is 5.73 Å². The van der Waals surface area contributed by atoms with Crippen molar-refractivity contribution in [3.8, 4) is 0 Å². The maximum atomic E-state index is 5.61. The van der Waals surface area contributed by atoms with E-state index in [1.807, 2.05) is 5.38 Å². The largest absolute Gasteiger partial charge is 0.383 e. The molecule has 1 aromatic heterocycles. The Kier molecular flexibility index (Phi) is 2.51. The molecule has 1 saturated heterocycles. The van der Waals surface area contributed by atoms with E-state index in [1.165, 1.54) is 24.4 Å². The van der Waals surface area contributed by atoms with Crippen molar-refractivity contribution in [2.24, 2.45) is 0 Å². The third-order valence-corrected chi connectivity index (χ3v) is 3.54. The minimum Gasteiger partial charge on any atom is -0.383 e. The molecule has 4 heteroatoms. The van der Waals surface area contributed by atoms with Gasteiger partial charge in [-0.1, -0.05) is 0 Å². The van der Waals surface area contributed by atoms with E-state index < -0.39 is 0 Å². The molecule has 1 unspecified atom stereocenters. The Morgan fingerprint density at radius 2 is 2.54 bits per heavy atom. The molecule has 0 spiro atoms. The summed E-state index contributed by atoms with van der Waals surface area (Å²) in [7, 11) is 2.17. The van der Waals surface area contributed by atoms with E-state index >= 15 is 0 Å². The zero-order valence-corrected chi connectivity index (χ0v) is 8.68. The number of likely N-dealkylation sites (tertiary alicyclic amines) is 1. The van der Waals surface area contributed by atoms with Crippen LogP contribution in [-0.2, 0) is 0 Å². The van der Waals surface area contributed by atoms with Crippen molar-refractivity contribution in [1.29, 1.82) is 0 Å². The van der Waals surface area contributed by atoms with Crippen LogP contribution in [0.25, 0.3) is 0 Å². The highest BCUT2D eigenvalue weighted by molar-refractivity contribution is 7.10. The van der Waals surface area contributed by atoms with Crippen LogP contribution in [0.4, 0.5) is 5.82 Å². The normalized spacial score (nSPS) is 24.8. The summed E-state index contributed by atoms with van der Waals surface area (Å²) in [5, 5.41) is 3.15. The highest BCUT2D eigenvalue weighted by Crippen LogP contribution is 2.28. The summed E-state index contributed by atoms with van der Waals surface area (Å²) in [4.78, 5) is 6.71. The lowest BCUT2D eigenvalue weighted by Gasteiger charge is -2.28. The van der Waals surface area contributed by atoms with Crippen LogP contribution >= 0.6 is 11.3 Å². The van der Waals surface area contributed by atoms with E-state index in [0.717, 1.165) is 6.54 Å². The van der Waals surface area contributed by atoms with E-state index in [-0.39, 0.29) is 0 Å². The number of aromatic nitrogens is 1. The number of nitrogen functional groups attached to an aromatic ring is 1. The molecule has 1 fully saturated rings. The van der Waals surface area contributed by atoms with Gasteiger partial charge in [0.05, 0.1) is 5.01 Å². The smallest absolute Gasteiger partial charge is 0.134 e. The third-order valence-electron chi connectivity index (χ3n) is 2.51. The van der Waals surface area contributed by atoms with Crippen LogP contribution in [0.5, 0.6) is 0 Å². The Balaban J connectivity index is 2.08. The molecule has 0 bridgehead atoms. The van der Waals surface area contributed by atoms with Gasteiger partial charge in [-0.3, -0.25) is 0 Å². The second-order valence-corrected chi connectivity index (χ2v) is 4.60. The Morgan fingerprint density at radius 3 is 3.15 bits per heavy atom. The lowest BCUT2D eigenvalue weighted by atomic mass is 9.99. The number of piperidine rings is 1. The molecule has 1 aliphatic heterocycles. The fourth-order valence-electron chi connectivity index (χ4n) is 1.86. The topological polar surface area (TPSA) is 42.2 Å². The van der Waals surface area contributed by atoms with Gasteiger partial charge >= 0.3 is 0 Å². The zero-order chi connectivity index (χ0) is 9.26. The quantitative estimate of drug-likeness (QED) is 0.742. The predicted molar refractivity (Wildman–Crippen MR) is 56.0 cm³/mol. The molecule has 1 aromatic rings. The van der Waals surface area contributed by atoms with Crippen LogP contribution in [-0.4, -0.2) is 30.0 Å². The molecular formula is C9H15N3S. The predicted octanol–water partition coefficient (Wildman–Crippen LogP) is 1.53. The average Bonchev–Trinajstić information content (AvgIpc) is 2.52. The van der Waals surface area contributed by atoms with Gasteiger partial charge in [0, 0.05) is 17.8 Å². The Bertz CT molecular complexity index is 284. The van der Waals surface area contributed by atoms with E-state index in [0.29, 0.717) is 11.7 Å². The van der Waals surface area contributed by atoms with Gasteiger partial charge in [0.2, 0.25) is 0 Å². The summed E-state index contributed by atoms with van der Waals surface area (Å²) in [5.74, 6) is 1.29. The lowest BCUT2D eigenvalue weighted by Crippen LogP contribution is -2.30. The number of hydrogen-bond donors (Lipinski definition) is 1. The summed E-state index contributed by atoms with van der Waals surface area (Å²) >= 11 is 1.70. The maximum absolute atomic E-state index is 5.61. The van der Waals surface area contributed by atoms with Gasteiger partial charge in [-0.15, -0.1) is 11.3 Å². The minimum atomic E-state index is 0.612. The number of likely N-dealkylation sites (N-methyl/N-ethyl adjacent to an activating group) is 1. The van der Waals surface area contributed by atoms with Gasteiger partial charge in [-0.25, -0.2) is 4.98 Å². The van der Waals surface area contributed by atoms with Gasteiger partial charge in [0.15, 0.2) is 0 Å². The fourth-order valence-corrected chi connectivity index (χ4v) is 2.69. The lowest BCUT2D eigenvalue weighted by molar-refractivity contribution is 0.250. The first kappa shape index (κ1) is 8.97. The van der Waals surface area contributed by atoms with Crippen molar-refractivity contribution in [3.05, 3.63) is 10.4 Å². The van der Waals surface area contributed by atoms with Crippen molar-refractivity contribution in [2.45, 2.75) is 18.8 Å². The van der Waals surface area contributed by atoms with Crippen molar-refractivity contribution >= 4 is 17.2 Å². The maximum Gasteiger partial charge on any atom is 0.134 e. The number of anilines is 1. The van der Waals surface area contributed by atoms with Crippen LogP contribution in [0.1, 0.15) is 23.8 Å². The van der Waals surface area contributed by atoms with E-state index in [9.17, 15) is 0 Å². The fraction of sp³-hybridized carbons (Fsp3) is 0.667. The summed E-state index contributed by atoms with van der Waals surface area (Å²) in [5.41, 5.74) is 5.61. The van der Waals surface area contributed by atoms with Crippen molar-refractivity contribution in [2.75, 3.05) is 25.9 Å². The molecule has 2 N–H and O–H groups in total. The van der Waals surface area contributed by atoms with Gasteiger partial charge in [0.1, 0.15) is 5.82 Å². The molecule has 2 rings (SSSR count). The van der Waals surface area contributed by atoms with Crippen LogP contribution in [0, 0.1) is 0 Å². The Labute approximate surface area is 82.6 Å². The molecule has 3 nitrogen and oxygen atoms in total. The molecule has 0 aromatic carbocycles.